The molecule has 4 amide bonds. The van der Waals surface area contributed by atoms with Crippen LogP contribution in [0.25, 0.3) is 0 Å². The number of Topliss-reactive ketones (excluding diaryl/α,β-unsaturated/α-hetero) is 2. The summed E-state index contributed by atoms with van der Waals surface area (Å²) in [5.74, 6) is -14.2. The Kier molecular flexibility index (Phi) is 25.1. The monoisotopic (exact) mass is 1200 g/mol. The molecule has 33 heteroatoms. The van der Waals surface area contributed by atoms with Gasteiger partial charge in [0.15, 0.2) is 25.4 Å². The van der Waals surface area contributed by atoms with Gasteiger partial charge in [0.1, 0.15) is 35.4 Å². The number of nitrogens with one attached hydrogen (secondary N) is 4. The Morgan fingerprint density at radius 2 is 1.14 bits per heavy atom. The minimum atomic E-state index is -3.96. The molecule has 2 saturated heterocycles. The van der Waals surface area contributed by atoms with E-state index in [1.807, 2.05) is 6.92 Å². The average Bonchev–Trinajstić information content (AvgIpc) is 3.87. The molecule has 2 aromatic rings. The van der Waals surface area contributed by atoms with Crippen molar-refractivity contribution in [3.05, 3.63) is 45.5 Å². The molecule has 5 unspecified atom stereocenters. The van der Waals surface area contributed by atoms with E-state index in [2.05, 4.69) is 31.2 Å². The number of carbonyl (C=O) groups is 8. The van der Waals surface area contributed by atoms with E-state index >= 15 is 0 Å². The van der Waals surface area contributed by atoms with Crippen LogP contribution in [0.5, 0.6) is 0 Å². The lowest BCUT2D eigenvalue weighted by molar-refractivity contribution is -0.147. The van der Waals surface area contributed by atoms with E-state index in [0.29, 0.717) is 21.3 Å². The lowest BCUT2D eigenvalue weighted by atomic mass is 9.99. The fraction of sp³-hybridized carbons (Fsp3) is 0.667. The summed E-state index contributed by atoms with van der Waals surface area (Å²) in [6.45, 7) is -0.536. The molecule has 1 aliphatic carbocycles. The van der Waals surface area contributed by atoms with Gasteiger partial charge in [0.25, 0.3) is 11.8 Å². The number of esters is 2. The van der Waals surface area contributed by atoms with Gasteiger partial charge in [0.05, 0.1) is 45.2 Å². The Morgan fingerprint density at radius 1 is 0.704 bits per heavy atom. The molecular formula is C48H64F4N8O19S2. The SMILES string of the molecule is CCC(CSC1CCC1SCC(CC(=O)CCOCCC(C)=O)C(=O)NCCC(=O)OCC(=O)Nc1ccn(C2O[C@@H](CO)[C@H](O)C2(F)F)c(=O)n1)C(=O)NCCC(=O)OCC(=O)Nc1ccn([C@H]2O[C@@H](CO)[C@H](O)C2(F)F)c(=O)n1. The maximum Gasteiger partial charge on any atom is 0.351 e. The molecule has 81 heavy (non-hydrogen) atoms. The molecule has 1 saturated carbocycles. The molecule has 4 heterocycles. The van der Waals surface area contributed by atoms with Crippen LogP contribution in [0.15, 0.2) is 34.1 Å². The second kappa shape index (κ2) is 30.9. The van der Waals surface area contributed by atoms with Gasteiger partial charge >= 0.3 is 35.2 Å². The van der Waals surface area contributed by atoms with Crippen molar-refractivity contribution in [2.45, 2.75) is 124 Å². The smallest absolute Gasteiger partial charge is 0.351 e. The molecule has 3 aliphatic rings. The zero-order valence-corrected chi connectivity index (χ0v) is 45.5. The predicted molar refractivity (Wildman–Crippen MR) is 275 cm³/mol. The molecule has 10 atom stereocenters. The van der Waals surface area contributed by atoms with Crippen LogP contribution in [0, 0.1) is 11.8 Å². The van der Waals surface area contributed by atoms with Gasteiger partial charge in [-0.3, -0.25) is 47.5 Å². The van der Waals surface area contributed by atoms with Crippen LogP contribution in [0.1, 0.15) is 77.7 Å². The van der Waals surface area contributed by atoms with Gasteiger partial charge in [-0.1, -0.05) is 6.92 Å². The first kappa shape index (κ1) is 65.9. The molecule has 0 aromatic carbocycles. The fourth-order valence-electron chi connectivity index (χ4n) is 8.00. The summed E-state index contributed by atoms with van der Waals surface area (Å²) in [7, 11) is 0. The Labute approximate surface area is 467 Å². The van der Waals surface area contributed by atoms with Crippen LogP contribution >= 0.6 is 23.5 Å². The average molecular weight is 1200 g/mol. The van der Waals surface area contributed by atoms with Gasteiger partial charge in [0, 0.05) is 72.7 Å². The number of hydrogen-bond acceptors (Lipinski definition) is 23. The van der Waals surface area contributed by atoms with E-state index in [0.717, 1.165) is 37.4 Å². The Balaban J connectivity index is 1.01. The Hall–Kier alpha value is -5.94. The lowest BCUT2D eigenvalue weighted by Crippen LogP contribution is -2.41. The lowest BCUT2D eigenvalue weighted by Gasteiger charge is -2.37. The van der Waals surface area contributed by atoms with Gasteiger partial charge in [-0.15, -0.1) is 0 Å². The number of aromatic nitrogens is 4. The highest BCUT2D eigenvalue weighted by atomic mass is 32.2. The largest absolute Gasteiger partial charge is 0.456 e. The standard InChI is InChI=1S/C48H64F4N8O19S2/c1-3-26(41(71)53-12-6-37(67)76-21-35(65)55-33-8-14-59(45(73)57-33)43-47(49,50)39(69)29(19-61)78-43)23-80-31-4-5-32(31)81-24-27(18-28(64)11-17-75-16-10-25(2)63)42(72)54-13-7-38(68)77-22-36(66)56-34-9-15-60(46(74)58-34)44-48(51,52)40(70)30(20-62)79-44/h8-9,14-15,26-27,29-32,39-40,43-44,61-62,69-70H,3-7,10-13,16-24H2,1-2H3,(H,53,71)(H,54,72)(H,55,57,65,73)(H,56,58,66,74)/t26?,27?,29-,30-,31?,32?,39-,40-,43-,44?/m0/s1. The molecule has 2 aromatic heterocycles. The van der Waals surface area contributed by atoms with Crippen molar-refractivity contribution in [2.75, 3.05) is 74.9 Å². The summed E-state index contributed by atoms with van der Waals surface area (Å²) in [6, 6.07) is 1.97. The van der Waals surface area contributed by atoms with E-state index in [-0.39, 0.29) is 91.5 Å². The summed E-state index contributed by atoms with van der Waals surface area (Å²) in [5.41, 5.74) is -2.57. The molecule has 450 valence electrons. The van der Waals surface area contributed by atoms with Gasteiger partial charge < -0.3 is 65.4 Å². The molecule has 0 radical (unpaired) electrons. The molecule has 3 fully saturated rings. The number of nitrogens with zero attached hydrogens (tertiary/aromatic N) is 4. The third-order valence-electron chi connectivity index (χ3n) is 12.8. The van der Waals surface area contributed by atoms with Crippen LogP contribution in [0.4, 0.5) is 29.2 Å². The number of ether oxygens (including phenoxy) is 5. The third-order valence-corrected chi connectivity index (χ3v) is 16.2. The zero-order chi connectivity index (χ0) is 59.6. The third kappa shape index (κ3) is 18.8. The van der Waals surface area contributed by atoms with Gasteiger partial charge in [-0.05, 0) is 38.3 Å². The predicted octanol–water partition coefficient (Wildman–Crippen LogP) is -0.767. The molecular weight excluding hydrogens is 1130 g/mol. The molecule has 0 bridgehead atoms. The van der Waals surface area contributed by atoms with Crippen LogP contribution in [-0.4, -0.2) is 198 Å². The molecule has 27 nitrogen and oxygen atoms in total. The number of anilines is 2. The summed E-state index contributed by atoms with van der Waals surface area (Å²) in [5, 5.41) is 47.7. The number of thioether (sulfide) groups is 2. The number of hydrogen-bond donors (Lipinski definition) is 8. The van der Waals surface area contributed by atoms with Gasteiger partial charge in [-0.25, -0.2) is 9.59 Å². The van der Waals surface area contributed by atoms with Crippen LogP contribution in [0.2, 0.25) is 0 Å². The van der Waals surface area contributed by atoms with E-state index in [4.69, 9.17) is 23.7 Å². The number of rotatable bonds is 33. The van der Waals surface area contributed by atoms with E-state index in [1.54, 1.807) is 11.8 Å². The number of alkyl halides is 4. The first-order valence-corrected chi connectivity index (χ1v) is 27.6. The Bertz CT molecular complexity index is 2670. The van der Waals surface area contributed by atoms with Crippen molar-refractivity contribution in [2.24, 2.45) is 11.8 Å². The topological polar surface area (TPSA) is 382 Å². The molecule has 8 N–H and O–H groups in total. The van der Waals surface area contributed by atoms with Gasteiger partial charge in [0.2, 0.25) is 24.3 Å². The zero-order valence-electron chi connectivity index (χ0n) is 43.8. The minimum Gasteiger partial charge on any atom is -0.456 e. The molecule has 5 rings (SSSR count). The number of halogens is 4. The van der Waals surface area contributed by atoms with Crippen molar-refractivity contribution in [1.29, 1.82) is 0 Å². The fourth-order valence-corrected chi connectivity index (χ4v) is 11.4. The van der Waals surface area contributed by atoms with Crippen molar-refractivity contribution in [3.63, 3.8) is 0 Å². The maximum absolute atomic E-state index is 14.5. The second-order valence-corrected chi connectivity index (χ2v) is 21.4. The van der Waals surface area contributed by atoms with Gasteiger partial charge in [-0.2, -0.15) is 51.1 Å². The van der Waals surface area contributed by atoms with Crippen molar-refractivity contribution >= 4 is 82.3 Å². The highest BCUT2D eigenvalue weighted by Crippen LogP contribution is 2.44. The normalized spacial score (nSPS) is 23.3. The number of aliphatic hydroxyl groups is 4. The quantitative estimate of drug-likeness (QED) is 0.0247. The first-order chi connectivity index (χ1) is 38.4. The van der Waals surface area contributed by atoms with Crippen molar-refractivity contribution in [1.82, 2.24) is 29.7 Å². The number of amides is 4. The first-order valence-electron chi connectivity index (χ1n) is 25.5. The second-order valence-electron chi connectivity index (χ2n) is 18.8. The number of carbonyl (C=O) groups excluding carboxylic acids is 8. The summed E-state index contributed by atoms with van der Waals surface area (Å²) >= 11 is 3.04. The van der Waals surface area contributed by atoms with Crippen LogP contribution in [0.3, 0.4) is 0 Å². The van der Waals surface area contributed by atoms with Crippen LogP contribution in [-0.2, 0) is 62.0 Å². The maximum atomic E-state index is 14.5. The Morgan fingerprint density at radius 3 is 1.53 bits per heavy atom. The van der Waals surface area contributed by atoms with E-state index in [9.17, 15) is 85.9 Å². The number of ketones is 2. The highest BCUT2D eigenvalue weighted by molar-refractivity contribution is 8.04. The van der Waals surface area contributed by atoms with Crippen LogP contribution < -0.4 is 32.6 Å². The molecule has 0 spiro atoms. The molecule has 2 aliphatic heterocycles. The summed E-state index contributed by atoms with van der Waals surface area (Å²) in [6.07, 6.45) is -9.69. The van der Waals surface area contributed by atoms with E-state index < -0.39 is 140 Å². The van der Waals surface area contributed by atoms with E-state index in [1.165, 1.54) is 18.7 Å². The summed E-state index contributed by atoms with van der Waals surface area (Å²) in [4.78, 5) is 132. The van der Waals surface area contributed by atoms with Crippen molar-refractivity contribution in [3.8, 4) is 0 Å². The minimum absolute atomic E-state index is 0.0230. The van der Waals surface area contributed by atoms with Crippen molar-refractivity contribution < 1.29 is 100 Å². The number of aliphatic hydroxyl groups excluding tert-OH is 4. The summed E-state index contributed by atoms with van der Waals surface area (Å²) < 4.78 is 83.8. The highest BCUT2D eigenvalue weighted by Gasteiger charge is 2.60.